The maximum atomic E-state index is 11.5. The molecule has 2 heterocycles. The van der Waals surface area contributed by atoms with Crippen molar-refractivity contribution in [2.45, 2.75) is 49.4 Å². The number of amides is 3. The first-order valence-electron chi connectivity index (χ1n) is 7.27. The first-order valence-corrected chi connectivity index (χ1v) is 8.32. The van der Waals surface area contributed by atoms with E-state index < -0.39 is 0 Å². The molecule has 2 aliphatic rings. The van der Waals surface area contributed by atoms with Crippen LogP contribution < -0.4 is 16.0 Å². The number of thioether (sulfide) groups is 1. The van der Waals surface area contributed by atoms with Gasteiger partial charge in [-0.25, -0.2) is 4.79 Å². The summed E-state index contributed by atoms with van der Waals surface area (Å²) in [6, 6.07) is 0.485. The second-order valence-corrected chi connectivity index (χ2v) is 6.57. The number of unbranched alkanes of at least 4 members (excludes halogenated alkanes) is 1. The molecule has 0 spiro atoms. The van der Waals surface area contributed by atoms with Crippen molar-refractivity contribution < 1.29 is 14.7 Å². The Morgan fingerprint density at radius 2 is 2.20 bits per heavy atom. The third kappa shape index (κ3) is 4.28. The van der Waals surface area contributed by atoms with E-state index in [9.17, 15) is 9.59 Å². The number of carbonyl (C=O) groups excluding carboxylic acids is 2. The van der Waals surface area contributed by atoms with Gasteiger partial charge in [-0.05, 0) is 19.3 Å². The molecule has 3 atom stereocenters. The third-order valence-corrected chi connectivity index (χ3v) is 5.25. The summed E-state index contributed by atoms with van der Waals surface area (Å²) in [5.74, 6) is 1.04. The molecule has 0 aliphatic carbocycles. The molecule has 0 unspecified atom stereocenters. The predicted molar refractivity (Wildman–Crippen MR) is 78.7 cm³/mol. The topological polar surface area (TPSA) is 90.5 Å². The zero-order valence-corrected chi connectivity index (χ0v) is 12.4. The van der Waals surface area contributed by atoms with E-state index in [4.69, 9.17) is 5.11 Å². The van der Waals surface area contributed by atoms with Gasteiger partial charge in [0.05, 0.1) is 12.1 Å². The van der Waals surface area contributed by atoms with Gasteiger partial charge in [0.15, 0.2) is 0 Å². The zero-order valence-electron chi connectivity index (χ0n) is 11.6. The van der Waals surface area contributed by atoms with Gasteiger partial charge < -0.3 is 21.1 Å². The number of fused-ring (bicyclic) bond motifs is 1. The number of hydrogen-bond acceptors (Lipinski definition) is 4. The molecule has 2 fully saturated rings. The number of carbonyl (C=O) groups is 2. The van der Waals surface area contributed by atoms with E-state index >= 15 is 0 Å². The van der Waals surface area contributed by atoms with Crippen LogP contribution in [-0.4, -0.2) is 53.3 Å². The molecule has 0 bridgehead atoms. The smallest absolute Gasteiger partial charge is 0.315 e. The van der Waals surface area contributed by atoms with Crippen LogP contribution in [0.1, 0.15) is 32.1 Å². The van der Waals surface area contributed by atoms with Crippen molar-refractivity contribution in [2.75, 3.05) is 18.9 Å². The molecule has 2 rings (SSSR count). The van der Waals surface area contributed by atoms with E-state index in [1.807, 2.05) is 11.8 Å². The molecule has 0 aromatic heterocycles. The lowest BCUT2D eigenvalue weighted by atomic mass is 10.0. The molecule has 2 saturated heterocycles. The second kappa shape index (κ2) is 7.73. The quantitative estimate of drug-likeness (QED) is 0.381. The first kappa shape index (κ1) is 15.4. The van der Waals surface area contributed by atoms with Crippen LogP contribution in [0.2, 0.25) is 0 Å². The fourth-order valence-corrected chi connectivity index (χ4v) is 4.21. The van der Waals surface area contributed by atoms with Gasteiger partial charge in [-0.1, -0.05) is 6.42 Å². The molecule has 114 valence electrons. The van der Waals surface area contributed by atoms with E-state index in [1.165, 1.54) is 0 Å². The Hall–Kier alpha value is -0.950. The van der Waals surface area contributed by atoms with E-state index in [0.29, 0.717) is 24.6 Å². The summed E-state index contributed by atoms with van der Waals surface area (Å²) in [6.45, 7) is 0.663. The van der Waals surface area contributed by atoms with Crippen LogP contribution >= 0.6 is 11.8 Å². The van der Waals surface area contributed by atoms with Crippen molar-refractivity contribution in [1.82, 2.24) is 16.0 Å². The molecule has 20 heavy (non-hydrogen) atoms. The van der Waals surface area contributed by atoms with Crippen LogP contribution in [0.4, 0.5) is 4.79 Å². The molecule has 6 nitrogen and oxygen atoms in total. The molecule has 4 N–H and O–H groups in total. The molecule has 0 radical (unpaired) electrons. The Balaban J connectivity index is 1.55. The Bertz CT molecular complexity index is 354. The largest absolute Gasteiger partial charge is 0.396 e. The molecule has 0 aromatic rings. The van der Waals surface area contributed by atoms with E-state index in [2.05, 4.69) is 16.0 Å². The fourth-order valence-electron chi connectivity index (χ4n) is 2.67. The Morgan fingerprint density at radius 3 is 3.00 bits per heavy atom. The Kier molecular flexibility index (Phi) is 5.97. The maximum absolute atomic E-state index is 11.5. The highest BCUT2D eigenvalue weighted by Crippen LogP contribution is 2.33. The van der Waals surface area contributed by atoms with Crippen molar-refractivity contribution in [3.8, 4) is 0 Å². The number of hydrogen-bond donors (Lipinski definition) is 4. The molecule has 7 heteroatoms. The average molecular weight is 301 g/mol. The van der Waals surface area contributed by atoms with Gasteiger partial charge in [0.25, 0.3) is 0 Å². The van der Waals surface area contributed by atoms with Crippen molar-refractivity contribution in [1.29, 1.82) is 0 Å². The maximum Gasteiger partial charge on any atom is 0.315 e. The highest BCUT2D eigenvalue weighted by molar-refractivity contribution is 8.00. The predicted octanol–water partition coefficient (Wildman–Crippen LogP) is 0.211. The Labute approximate surface area is 123 Å². The number of nitrogens with one attached hydrogen (secondary N) is 3. The number of rotatable bonds is 8. The minimum atomic E-state index is -0.0476. The van der Waals surface area contributed by atoms with Crippen LogP contribution in [0.3, 0.4) is 0 Å². The van der Waals surface area contributed by atoms with Gasteiger partial charge in [0, 0.05) is 30.6 Å². The van der Waals surface area contributed by atoms with E-state index in [-0.39, 0.29) is 30.6 Å². The van der Waals surface area contributed by atoms with Gasteiger partial charge >= 0.3 is 6.03 Å². The van der Waals surface area contributed by atoms with Gasteiger partial charge in [-0.3, -0.25) is 4.79 Å². The summed E-state index contributed by atoms with van der Waals surface area (Å²) < 4.78 is 0. The van der Waals surface area contributed by atoms with Crippen molar-refractivity contribution in [3.63, 3.8) is 0 Å². The summed E-state index contributed by atoms with van der Waals surface area (Å²) in [5.41, 5.74) is 0. The van der Waals surface area contributed by atoms with Crippen molar-refractivity contribution in [2.24, 2.45) is 0 Å². The summed E-state index contributed by atoms with van der Waals surface area (Å²) in [5, 5.41) is 17.8. The highest BCUT2D eigenvalue weighted by Gasteiger charge is 2.42. The third-order valence-electron chi connectivity index (χ3n) is 3.74. The van der Waals surface area contributed by atoms with Crippen LogP contribution in [0.15, 0.2) is 0 Å². The molecule has 3 amide bonds. The Morgan fingerprint density at radius 1 is 1.35 bits per heavy atom. The van der Waals surface area contributed by atoms with Crippen LogP contribution in [0, 0.1) is 0 Å². The number of urea groups is 1. The monoisotopic (exact) mass is 301 g/mol. The lowest BCUT2D eigenvalue weighted by Gasteiger charge is -2.16. The molecule has 0 saturated carbocycles. The standard InChI is InChI=1S/C13H23N3O3S/c17-7-3-6-14-11(18)5-2-1-4-10-12-9(8-20-10)15-13(19)16-12/h9-10,12,17H,1-8H2,(H,14,18)(H2,15,16,19)/t9-,10-,12-/m0/s1. The number of aliphatic hydroxyl groups is 1. The van der Waals surface area contributed by atoms with Crippen LogP contribution in [-0.2, 0) is 4.79 Å². The van der Waals surface area contributed by atoms with Gasteiger partial charge in [-0.15, -0.1) is 0 Å². The highest BCUT2D eigenvalue weighted by atomic mass is 32.2. The normalized spacial score (nSPS) is 27.9. The van der Waals surface area contributed by atoms with E-state index in [0.717, 1.165) is 25.0 Å². The van der Waals surface area contributed by atoms with Crippen LogP contribution in [0.25, 0.3) is 0 Å². The molecular formula is C13H23N3O3S. The summed E-state index contributed by atoms with van der Waals surface area (Å²) in [7, 11) is 0. The second-order valence-electron chi connectivity index (χ2n) is 5.29. The molecule has 0 aromatic carbocycles. The first-order chi connectivity index (χ1) is 9.70. The van der Waals surface area contributed by atoms with Crippen LogP contribution in [0.5, 0.6) is 0 Å². The fraction of sp³-hybridized carbons (Fsp3) is 0.846. The minimum Gasteiger partial charge on any atom is -0.396 e. The van der Waals surface area contributed by atoms with E-state index in [1.54, 1.807) is 0 Å². The average Bonchev–Trinajstić information content (AvgIpc) is 2.95. The lowest BCUT2D eigenvalue weighted by Crippen LogP contribution is -2.36. The van der Waals surface area contributed by atoms with Crippen molar-refractivity contribution in [3.05, 3.63) is 0 Å². The summed E-state index contributed by atoms with van der Waals surface area (Å²) in [6.07, 6.45) is 4.07. The summed E-state index contributed by atoms with van der Waals surface area (Å²) >= 11 is 1.91. The molecular weight excluding hydrogens is 278 g/mol. The molecule has 2 aliphatic heterocycles. The van der Waals surface area contributed by atoms with Gasteiger partial charge in [-0.2, -0.15) is 11.8 Å². The lowest BCUT2D eigenvalue weighted by molar-refractivity contribution is -0.121. The van der Waals surface area contributed by atoms with Gasteiger partial charge in [0.2, 0.25) is 5.91 Å². The zero-order chi connectivity index (χ0) is 14.4. The SMILES string of the molecule is O=C(CCCC[C@@H]1SC[C@@H]2NC(=O)N[C@@H]21)NCCCO. The van der Waals surface area contributed by atoms with Gasteiger partial charge in [0.1, 0.15) is 0 Å². The number of aliphatic hydroxyl groups excluding tert-OH is 1. The minimum absolute atomic E-state index is 0.0476. The summed E-state index contributed by atoms with van der Waals surface area (Å²) in [4.78, 5) is 22.7. The van der Waals surface area contributed by atoms with Crippen molar-refractivity contribution >= 4 is 23.7 Å².